The molecule has 0 bridgehead atoms. The van der Waals surface area contributed by atoms with Gasteiger partial charge in [0.25, 0.3) is 5.91 Å². The summed E-state index contributed by atoms with van der Waals surface area (Å²) in [5.74, 6) is -7.19. The van der Waals surface area contributed by atoms with E-state index in [1.165, 1.54) is 13.1 Å². The second-order valence-corrected chi connectivity index (χ2v) is 10.2. The molecule has 0 spiro atoms. The number of rotatable bonds is 7. The second-order valence-electron chi connectivity index (χ2n) is 10.2. The van der Waals surface area contributed by atoms with Crippen molar-refractivity contribution in [3.8, 4) is 0 Å². The third-order valence-electron chi connectivity index (χ3n) is 6.98. The Morgan fingerprint density at radius 3 is 2.49 bits per heavy atom. The van der Waals surface area contributed by atoms with E-state index in [1.54, 1.807) is 17.0 Å². The highest BCUT2D eigenvalue weighted by Crippen LogP contribution is 2.31. The predicted molar refractivity (Wildman–Crippen MR) is 138 cm³/mol. The van der Waals surface area contributed by atoms with Gasteiger partial charge in [-0.25, -0.2) is 17.6 Å². The van der Waals surface area contributed by atoms with Gasteiger partial charge in [0.15, 0.2) is 23.3 Å². The van der Waals surface area contributed by atoms with Crippen LogP contribution >= 0.6 is 0 Å². The lowest BCUT2D eigenvalue weighted by Gasteiger charge is -2.20. The number of halogens is 4. The molecule has 3 aromatic rings. The summed E-state index contributed by atoms with van der Waals surface area (Å²) in [6.07, 6.45) is 2.56. The van der Waals surface area contributed by atoms with Crippen LogP contribution in [0.1, 0.15) is 40.0 Å². The number of carbonyl (C=O) groups is 2. The topological polar surface area (TPSA) is 80.8 Å². The second kappa shape index (κ2) is 10.3. The fourth-order valence-corrected chi connectivity index (χ4v) is 5.02. The maximum atomic E-state index is 14.2. The number of aromatic nitrogens is 1. The van der Waals surface area contributed by atoms with Crippen LogP contribution in [0.2, 0.25) is 0 Å². The van der Waals surface area contributed by atoms with Gasteiger partial charge in [-0.1, -0.05) is 0 Å². The summed E-state index contributed by atoms with van der Waals surface area (Å²) in [7, 11) is 3.90. The molecule has 0 fully saturated rings. The lowest BCUT2D eigenvalue weighted by Crippen LogP contribution is -2.35. The van der Waals surface area contributed by atoms with E-state index in [2.05, 4.69) is 15.3 Å². The molecule has 2 aliphatic rings. The number of amides is 2. The molecule has 1 aromatic heterocycles. The molecule has 2 atom stereocenters. The van der Waals surface area contributed by atoms with E-state index >= 15 is 0 Å². The predicted octanol–water partition coefficient (Wildman–Crippen LogP) is 4.04. The number of nitrogens with zero attached hydrogens (tertiary/aromatic N) is 3. The standard InChI is InChI=1S/C28H27F4N5O2/c1-14(8-18-25(31)19(29)12-20(30)26(18)32)34-21-4-5-33-27(38)24(21)23-10-15-9-16-13-37(7-6-36(2)3)28(39)17(16)11-22(15)35-23/h4-5,9-12,14,24,35H,6-8,13H2,1-3H3,(H,33,38)/t14-,24?/m0/s1. The molecular formula is C28H27F4N5O2. The van der Waals surface area contributed by atoms with E-state index in [0.29, 0.717) is 35.6 Å². The zero-order valence-corrected chi connectivity index (χ0v) is 21.6. The number of fused-ring (bicyclic) bond motifs is 2. The third kappa shape index (κ3) is 5.06. The fourth-order valence-electron chi connectivity index (χ4n) is 5.02. The van der Waals surface area contributed by atoms with Crippen LogP contribution in [0.25, 0.3) is 10.9 Å². The van der Waals surface area contributed by atoms with E-state index in [9.17, 15) is 27.2 Å². The first-order valence-electron chi connectivity index (χ1n) is 12.5. The molecule has 1 unspecified atom stereocenters. The maximum absolute atomic E-state index is 14.2. The number of benzene rings is 2. The van der Waals surface area contributed by atoms with Crippen LogP contribution < -0.4 is 5.32 Å². The Balaban J connectivity index is 1.43. The number of nitrogens with one attached hydrogen (secondary N) is 2. The number of H-pyrrole nitrogens is 1. The summed E-state index contributed by atoms with van der Waals surface area (Å²) in [6, 6.07) is 4.88. The molecule has 0 radical (unpaired) electrons. The molecule has 204 valence electrons. The minimum atomic E-state index is -1.48. The smallest absolute Gasteiger partial charge is 0.254 e. The number of likely N-dealkylation sites (N-methyl/N-ethyl adjacent to an activating group) is 1. The fraction of sp³-hybridized carbons (Fsp3) is 0.321. The van der Waals surface area contributed by atoms with Crippen LogP contribution in [-0.4, -0.2) is 65.5 Å². The van der Waals surface area contributed by atoms with Crippen LogP contribution in [0.15, 0.2) is 41.5 Å². The molecule has 0 saturated carbocycles. The van der Waals surface area contributed by atoms with Gasteiger partial charge in [0.1, 0.15) is 5.92 Å². The lowest BCUT2D eigenvalue weighted by atomic mass is 9.95. The van der Waals surface area contributed by atoms with Gasteiger partial charge >= 0.3 is 0 Å². The van der Waals surface area contributed by atoms with Crippen molar-refractivity contribution in [3.05, 3.63) is 82.2 Å². The van der Waals surface area contributed by atoms with Crippen molar-refractivity contribution in [2.24, 2.45) is 4.99 Å². The SMILES string of the molecule is C[C@@H](Cc1c(F)c(F)cc(F)c1F)N=C1C=CNC(=O)C1c1cc2cc3c(cc2[nH]1)C(=O)N(CCN(C)C)C3. The molecule has 3 heterocycles. The number of allylic oxidation sites excluding steroid dienone is 1. The third-order valence-corrected chi connectivity index (χ3v) is 6.98. The minimum absolute atomic E-state index is 0.0485. The quantitative estimate of drug-likeness (QED) is 0.350. The lowest BCUT2D eigenvalue weighted by molar-refractivity contribution is -0.120. The Morgan fingerprint density at radius 2 is 1.79 bits per heavy atom. The van der Waals surface area contributed by atoms with Crippen molar-refractivity contribution in [1.82, 2.24) is 20.1 Å². The van der Waals surface area contributed by atoms with Crippen molar-refractivity contribution in [2.45, 2.75) is 31.8 Å². The molecule has 2 N–H and O–H groups in total. The summed E-state index contributed by atoms with van der Waals surface area (Å²) in [4.78, 5) is 37.3. The van der Waals surface area contributed by atoms with Gasteiger partial charge in [0.05, 0.1) is 11.8 Å². The first-order chi connectivity index (χ1) is 18.5. The molecule has 11 heteroatoms. The number of carbonyl (C=O) groups excluding carboxylic acids is 2. The molecule has 2 aromatic carbocycles. The normalized spacial score (nSPS) is 18.9. The zero-order valence-electron chi connectivity index (χ0n) is 21.6. The van der Waals surface area contributed by atoms with E-state index in [1.807, 2.05) is 31.1 Å². The molecule has 39 heavy (non-hydrogen) atoms. The van der Waals surface area contributed by atoms with Gasteiger partial charge < -0.3 is 20.1 Å². The Hall–Kier alpha value is -3.99. The molecular weight excluding hydrogens is 514 g/mol. The van der Waals surface area contributed by atoms with Gasteiger partial charge in [-0.05, 0) is 50.9 Å². The van der Waals surface area contributed by atoms with Gasteiger partial charge in [-0.3, -0.25) is 14.6 Å². The van der Waals surface area contributed by atoms with Crippen molar-refractivity contribution in [2.75, 3.05) is 27.2 Å². The summed E-state index contributed by atoms with van der Waals surface area (Å²) in [5.41, 5.74) is 2.28. The summed E-state index contributed by atoms with van der Waals surface area (Å²) < 4.78 is 55.7. The number of aromatic amines is 1. The highest BCUT2D eigenvalue weighted by atomic mass is 19.2. The van der Waals surface area contributed by atoms with E-state index in [0.717, 1.165) is 17.5 Å². The molecule has 0 aliphatic carbocycles. The zero-order chi connectivity index (χ0) is 28.0. The van der Waals surface area contributed by atoms with E-state index in [-0.39, 0.29) is 17.9 Å². The van der Waals surface area contributed by atoms with Crippen LogP contribution in [-0.2, 0) is 17.8 Å². The summed E-state index contributed by atoms with van der Waals surface area (Å²) >= 11 is 0. The van der Waals surface area contributed by atoms with E-state index in [4.69, 9.17) is 0 Å². The van der Waals surface area contributed by atoms with Crippen LogP contribution in [0.5, 0.6) is 0 Å². The van der Waals surface area contributed by atoms with Crippen molar-refractivity contribution < 1.29 is 27.2 Å². The van der Waals surface area contributed by atoms with Crippen molar-refractivity contribution in [3.63, 3.8) is 0 Å². The van der Waals surface area contributed by atoms with Crippen LogP contribution in [0.4, 0.5) is 17.6 Å². The first kappa shape index (κ1) is 26.6. The monoisotopic (exact) mass is 541 g/mol. The Bertz CT molecular complexity index is 1520. The Morgan fingerprint density at radius 1 is 1.08 bits per heavy atom. The summed E-state index contributed by atoms with van der Waals surface area (Å²) in [6.45, 7) is 3.40. The number of hydrogen-bond acceptors (Lipinski definition) is 4. The minimum Gasteiger partial charge on any atom is -0.357 e. The van der Waals surface area contributed by atoms with Crippen LogP contribution in [0, 0.1) is 23.3 Å². The molecule has 2 aliphatic heterocycles. The molecule has 0 saturated heterocycles. The molecule has 2 amide bonds. The first-order valence-corrected chi connectivity index (χ1v) is 12.5. The summed E-state index contributed by atoms with van der Waals surface area (Å²) in [5, 5.41) is 3.46. The number of hydrogen-bond donors (Lipinski definition) is 2. The average Bonchev–Trinajstić information content (AvgIpc) is 3.42. The highest BCUT2D eigenvalue weighted by molar-refractivity contribution is 6.16. The Labute approximate surface area is 222 Å². The van der Waals surface area contributed by atoms with Gasteiger partial charge in [-0.15, -0.1) is 0 Å². The van der Waals surface area contributed by atoms with Gasteiger partial charge in [0.2, 0.25) is 5.91 Å². The molecule has 7 nitrogen and oxygen atoms in total. The largest absolute Gasteiger partial charge is 0.357 e. The van der Waals surface area contributed by atoms with Gasteiger partial charge in [-0.2, -0.15) is 0 Å². The van der Waals surface area contributed by atoms with Crippen molar-refractivity contribution in [1.29, 1.82) is 0 Å². The number of aliphatic imine (C=N–C) groups is 1. The Kier molecular flexibility index (Phi) is 7.02. The maximum Gasteiger partial charge on any atom is 0.254 e. The van der Waals surface area contributed by atoms with Crippen LogP contribution in [0.3, 0.4) is 0 Å². The van der Waals surface area contributed by atoms with Crippen molar-refractivity contribution >= 4 is 28.4 Å². The molecule has 5 rings (SSSR count). The van der Waals surface area contributed by atoms with E-state index < -0.39 is 47.2 Å². The highest BCUT2D eigenvalue weighted by Gasteiger charge is 2.32. The average molecular weight is 542 g/mol. The van der Waals surface area contributed by atoms with Gasteiger partial charge in [0, 0.05) is 66.0 Å².